The molecule has 1 heterocycles. The van der Waals surface area contributed by atoms with Crippen molar-refractivity contribution in [2.24, 2.45) is 0 Å². The van der Waals surface area contributed by atoms with Crippen LogP contribution < -0.4 is 10.6 Å². The topological polar surface area (TPSA) is 45.8 Å². The minimum atomic E-state index is 0.335. The SMILES string of the molecule is CCCNCC1CN(CCOCCNCC)CCO1. The van der Waals surface area contributed by atoms with Crippen molar-refractivity contribution in [1.82, 2.24) is 15.5 Å². The van der Waals surface area contributed by atoms with Gasteiger partial charge in [-0.2, -0.15) is 0 Å². The van der Waals surface area contributed by atoms with E-state index in [1.165, 1.54) is 6.42 Å². The first-order valence-corrected chi connectivity index (χ1v) is 7.70. The fraction of sp³-hybridized carbons (Fsp3) is 1.00. The van der Waals surface area contributed by atoms with Gasteiger partial charge in [-0.1, -0.05) is 13.8 Å². The molecule has 1 saturated heterocycles. The fourth-order valence-corrected chi connectivity index (χ4v) is 2.16. The minimum absolute atomic E-state index is 0.335. The summed E-state index contributed by atoms with van der Waals surface area (Å²) in [6.07, 6.45) is 1.51. The molecule has 0 aromatic heterocycles. The molecule has 2 N–H and O–H groups in total. The number of hydrogen-bond donors (Lipinski definition) is 2. The average Bonchev–Trinajstić information content (AvgIpc) is 2.43. The normalized spacial score (nSPS) is 20.8. The van der Waals surface area contributed by atoms with Crippen molar-refractivity contribution in [2.45, 2.75) is 26.4 Å². The van der Waals surface area contributed by atoms with Gasteiger partial charge in [-0.25, -0.2) is 0 Å². The van der Waals surface area contributed by atoms with Gasteiger partial charge in [0.05, 0.1) is 25.9 Å². The molecular weight excluding hydrogens is 242 g/mol. The van der Waals surface area contributed by atoms with Crippen molar-refractivity contribution in [1.29, 1.82) is 0 Å². The van der Waals surface area contributed by atoms with E-state index >= 15 is 0 Å². The quantitative estimate of drug-likeness (QED) is 0.531. The number of rotatable bonds is 11. The molecule has 1 unspecified atom stereocenters. The fourth-order valence-electron chi connectivity index (χ4n) is 2.16. The zero-order valence-corrected chi connectivity index (χ0v) is 12.6. The van der Waals surface area contributed by atoms with Crippen LogP contribution >= 0.6 is 0 Å². The lowest BCUT2D eigenvalue weighted by Crippen LogP contribution is -2.47. The maximum atomic E-state index is 5.76. The maximum Gasteiger partial charge on any atom is 0.0826 e. The van der Waals surface area contributed by atoms with E-state index in [-0.39, 0.29) is 0 Å². The second-order valence-corrected chi connectivity index (χ2v) is 4.96. The van der Waals surface area contributed by atoms with Crippen LogP contribution in [0.2, 0.25) is 0 Å². The molecule has 0 aromatic rings. The lowest BCUT2D eigenvalue weighted by Gasteiger charge is -2.33. The Labute approximate surface area is 118 Å². The Morgan fingerprint density at radius 1 is 1.21 bits per heavy atom. The first-order valence-electron chi connectivity index (χ1n) is 7.70. The lowest BCUT2D eigenvalue weighted by atomic mass is 10.2. The Morgan fingerprint density at radius 2 is 2.11 bits per heavy atom. The highest BCUT2D eigenvalue weighted by molar-refractivity contribution is 4.73. The molecule has 0 aromatic carbocycles. The van der Waals surface area contributed by atoms with E-state index in [0.717, 1.165) is 65.6 Å². The van der Waals surface area contributed by atoms with E-state index in [1.54, 1.807) is 0 Å². The van der Waals surface area contributed by atoms with Crippen LogP contribution in [0, 0.1) is 0 Å². The number of nitrogens with zero attached hydrogens (tertiary/aromatic N) is 1. The number of likely N-dealkylation sites (N-methyl/N-ethyl adjacent to an activating group) is 1. The summed E-state index contributed by atoms with van der Waals surface area (Å²) < 4.78 is 11.4. The molecule has 0 radical (unpaired) electrons. The predicted octanol–water partition coefficient (Wildman–Crippen LogP) is 0.313. The molecule has 1 aliphatic rings. The van der Waals surface area contributed by atoms with Gasteiger partial charge in [-0.3, -0.25) is 4.90 Å². The molecule has 5 heteroatoms. The van der Waals surface area contributed by atoms with Crippen LogP contribution in [0.1, 0.15) is 20.3 Å². The Kier molecular flexibility index (Phi) is 10.3. The average molecular weight is 273 g/mol. The summed E-state index contributed by atoms with van der Waals surface area (Å²) in [6, 6.07) is 0. The van der Waals surface area contributed by atoms with Crippen LogP contribution in [-0.2, 0) is 9.47 Å². The standard InChI is InChI=1S/C14H31N3O2/c1-3-5-16-12-14-13-17(8-11-19-14)7-10-18-9-6-15-4-2/h14-16H,3-13H2,1-2H3. The monoisotopic (exact) mass is 273 g/mol. The number of ether oxygens (including phenoxy) is 2. The Morgan fingerprint density at radius 3 is 2.89 bits per heavy atom. The van der Waals surface area contributed by atoms with Crippen LogP contribution in [0.25, 0.3) is 0 Å². The van der Waals surface area contributed by atoms with E-state index in [1.807, 2.05) is 0 Å². The molecule has 1 fully saturated rings. The highest BCUT2D eigenvalue weighted by Crippen LogP contribution is 2.04. The van der Waals surface area contributed by atoms with Gasteiger partial charge < -0.3 is 20.1 Å². The van der Waals surface area contributed by atoms with Gasteiger partial charge >= 0.3 is 0 Å². The molecule has 0 amide bonds. The first kappa shape index (κ1) is 16.9. The van der Waals surface area contributed by atoms with Crippen LogP contribution in [0.5, 0.6) is 0 Å². The third-order valence-electron chi connectivity index (χ3n) is 3.25. The molecule has 1 aliphatic heterocycles. The molecule has 0 saturated carbocycles. The molecule has 0 bridgehead atoms. The number of morpholine rings is 1. The summed E-state index contributed by atoms with van der Waals surface area (Å²) in [7, 11) is 0. The summed E-state index contributed by atoms with van der Waals surface area (Å²) in [5.74, 6) is 0. The Hall–Kier alpha value is -0.200. The van der Waals surface area contributed by atoms with Crippen molar-refractivity contribution in [3.8, 4) is 0 Å². The molecule has 1 atom stereocenters. The minimum Gasteiger partial charge on any atom is -0.379 e. The lowest BCUT2D eigenvalue weighted by molar-refractivity contribution is -0.0346. The van der Waals surface area contributed by atoms with Crippen LogP contribution in [0.4, 0.5) is 0 Å². The highest BCUT2D eigenvalue weighted by atomic mass is 16.5. The van der Waals surface area contributed by atoms with Gasteiger partial charge in [0.25, 0.3) is 0 Å². The van der Waals surface area contributed by atoms with Gasteiger partial charge in [-0.05, 0) is 19.5 Å². The first-order chi connectivity index (χ1) is 9.36. The highest BCUT2D eigenvalue weighted by Gasteiger charge is 2.19. The summed E-state index contributed by atoms with van der Waals surface area (Å²) in [5, 5.41) is 6.68. The molecular formula is C14H31N3O2. The molecule has 0 aliphatic carbocycles. The van der Waals surface area contributed by atoms with Crippen molar-refractivity contribution in [3.05, 3.63) is 0 Å². The Balaban J connectivity index is 2.00. The van der Waals surface area contributed by atoms with Crippen molar-refractivity contribution >= 4 is 0 Å². The third-order valence-corrected chi connectivity index (χ3v) is 3.25. The zero-order valence-electron chi connectivity index (χ0n) is 12.6. The summed E-state index contributed by atoms with van der Waals surface area (Å²) in [6.45, 7) is 13.8. The van der Waals surface area contributed by atoms with Crippen molar-refractivity contribution < 1.29 is 9.47 Å². The van der Waals surface area contributed by atoms with E-state index in [4.69, 9.17) is 9.47 Å². The van der Waals surface area contributed by atoms with E-state index < -0.39 is 0 Å². The van der Waals surface area contributed by atoms with E-state index in [9.17, 15) is 0 Å². The number of hydrogen-bond acceptors (Lipinski definition) is 5. The van der Waals surface area contributed by atoms with Crippen LogP contribution in [0.15, 0.2) is 0 Å². The smallest absolute Gasteiger partial charge is 0.0826 e. The third kappa shape index (κ3) is 8.55. The molecule has 0 spiro atoms. The van der Waals surface area contributed by atoms with Crippen LogP contribution in [-0.4, -0.2) is 76.6 Å². The van der Waals surface area contributed by atoms with Gasteiger partial charge in [0, 0.05) is 32.7 Å². The second-order valence-electron chi connectivity index (χ2n) is 4.96. The second kappa shape index (κ2) is 11.6. The van der Waals surface area contributed by atoms with Crippen LogP contribution in [0.3, 0.4) is 0 Å². The maximum absolute atomic E-state index is 5.76. The molecule has 5 nitrogen and oxygen atoms in total. The van der Waals surface area contributed by atoms with Crippen molar-refractivity contribution in [2.75, 3.05) is 65.6 Å². The number of nitrogens with one attached hydrogen (secondary N) is 2. The summed E-state index contributed by atoms with van der Waals surface area (Å²) >= 11 is 0. The van der Waals surface area contributed by atoms with Gasteiger partial charge in [0.1, 0.15) is 0 Å². The van der Waals surface area contributed by atoms with Crippen molar-refractivity contribution in [3.63, 3.8) is 0 Å². The predicted molar refractivity (Wildman–Crippen MR) is 78.7 cm³/mol. The summed E-state index contributed by atoms with van der Waals surface area (Å²) in [5.41, 5.74) is 0. The molecule has 114 valence electrons. The van der Waals surface area contributed by atoms with E-state index in [2.05, 4.69) is 29.4 Å². The van der Waals surface area contributed by atoms with E-state index in [0.29, 0.717) is 6.10 Å². The van der Waals surface area contributed by atoms with Gasteiger partial charge in [0.15, 0.2) is 0 Å². The van der Waals surface area contributed by atoms with Gasteiger partial charge in [-0.15, -0.1) is 0 Å². The van der Waals surface area contributed by atoms with Gasteiger partial charge in [0.2, 0.25) is 0 Å². The summed E-state index contributed by atoms with van der Waals surface area (Å²) in [4.78, 5) is 2.44. The zero-order chi connectivity index (χ0) is 13.8. The molecule has 1 rings (SSSR count). The largest absolute Gasteiger partial charge is 0.379 e. The Bertz CT molecular complexity index is 205. The molecule has 19 heavy (non-hydrogen) atoms.